The highest BCUT2D eigenvalue weighted by atomic mass is 32.2. The minimum atomic E-state index is -4.18. The van der Waals surface area contributed by atoms with Crippen molar-refractivity contribution in [3.8, 4) is 0 Å². The van der Waals surface area contributed by atoms with Crippen LogP contribution in [0, 0.1) is 37.1 Å². The molecule has 0 saturated carbocycles. The largest absolute Gasteiger partial charge is 0.360 e. The molecule has 9 heteroatoms. The zero-order valence-corrected chi connectivity index (χ0v) is 11.8. The predicted molar refractivity (Wildman–Crippen MR) is 68.7 cm³/mol. The third kappa shape index (κ3) is 2.16. The van der Waals surface area contributed by atoms with Crippen LogP contribution in [0.4, 0.5) is 5.82 Å². The van der Waals surface area contributed by atoms with Gasteiger partial charge in [0, 0.05) is 5.21 Å². The van der Waals surface area contributed by atoms with Gasteiger partial charge in [-0.15, -0.1) is 0 Å². The lowest BCUT2D eigenvalue weighted by Crippen LogP contribution is -2.19. The fourth-order valence-electron chi connectivity index (χ4n) is 2.13. The zero-order valence-electron chi connectivity index (χ0n) is 11.0. The third-order valence-electron chi connectivity index (χ3n) is 2.72. The van der Waals surface area contributed by atoms with Crippen molar-refractivity contribution in [3.63, 3.8) is 0 Å². The lowest BCUT2D eigenvalue weighted by molar-refractivity contribution is -0.391. The molecule has 0 amide bonds. The lowest BCUT2D eigenvalue weighted by atomic mass is 10.1. The number of nitrogens with zero attached hydrogens (tertiary/aromatic N) is 4. The summed E-state index contributed by atoms with van der Waals surface area (Å²) in [5.41, 5.74) is 1.89. The van der Waals surface area contributed by atoms with Gasteiger partial charge in [-0.25, -0.2) is 6.20 Å². The second kappa shape index (κ2) is 4.67. The van der Waals surface area contributed by atoms with Gasteiger partial charge in [-0.1, -0.05) is 22.6 Å². The molecule has 0 aliphatic carbocycles. The molecule has 20 heavy (non-hydrogen) atoms. The second-order valence-electron chi connectivity index (χ2n) is 4.36. The predicted octanol–water partition coefficient (Wildman–Crippen LogP) is 1.15. The van der Waals surface area contributed by atoms with Crippen molar-refractivity contribution in [2.24, 2.45) is 0 Å². The molecule has 0 radical (unpaired) electrons. The van der Waals surface area contributed by atoms with E-state index in [9.17, 15) is 18.5 Å². The Labute approximate surface area is 115 Å². The summed E-state index contributed by atoms with van der Waals surface area (Å²) >= 11 is 0. The van der Waals surface area contributed by atoms with Crippen LogP contribution in [0.5, 0.6) is 0 Å². The standard InChI is InChI=1S/C11H11N4O4S/c1-7-4-8(2)11(9(3)5-7)20(18,19)14-10(15(16)17)6-12-13-14/h4-5H,1-3H3/q-1. The summed E-state index contributed by atoms with van der Waals surface area (Å²) in [7, 11) is -4.18. The van der Waals surface area contributed by atoms with Crippen molar-refractivity contribution in [2.75, 3.05) is 0 Å². The third-order valence-corrected chi connectivity index (χ3v) is 4.58. The van der Waals surface area contributed by atoms with Gasteiger partial charge in [0.15, 0.2) is 0 Å². The van der Waals surface area contributed by atoms with E-state index in [1.54, 1.807) is 26.0 Å². The van der Waals surface area contributed by atoms with Crippen LogP contribution in [0.2, 0.25) is 0 Å². The fraction of sp³-hybridized carbons (Fsp3) is 0.273. The Kier molecular flexibility index (Phi) is 3.30. The highest BCUT2D eigenvalue weighted by Crippen LogP contribution is 2.25. The first-order valence-corrected chi connectivity index (χ1v) is 7.00. The SMILES string of the molecule is Cc1cc(C)c(S(=O)(=O)n2nn[c-]c2[N+](=O)[O-])c(C)c1. The van der Waals surface area contributed by atoms with Crippen LogP contribution >= 0.6 is 0 Å². The van der Waals surface area contributed by atoms with Crippen molar-refractivity contribution >= 4 is 15.8 Å². The molecule has 0 aliphatic rings. The summed E-state index contributed by atoms with van der Waals surface area (Å²) in [5, 5.41) is 17.2. The maximum Gasteiger partial charge on any atom is 0.354 e. The lowest BCUT2D eigenvalue weighted by Gasteiger charge is -2.10. The number of benzene rings is 1. The number of aryl methyl sites for hydroxylation is 3. The van der Waals surface area contributed by atoms with E-state index in [0.717, 1.165) is 5.56 Å². The van der Waals surface area contributed by atoms with E-state index in [2.05, 4.69) is 10.3 Å². The average Bonchev–Trinajstić information content (AvgIpc) is 2.75. The molecule has 2 aromatic rings. The number of nitro groups is 1. The van der Waals surface area contributed by atoms with E-state index in [1.165, 1.54) is 0 Å². The van der Waals surface area contributed by atoms with Crippen LogP contribution in [0.25, 0.3) is 0 Å². The zero-order chi connectivity index (χ0) is 15.1. The van der Waals surface area contributed by atoms with Crippen LogP contribution in [0.3, 0.4) is 0 Å². The molecule has 0 bridgehead atoms. The van der Waals surface area contributed by atoms with Crippen LogP contribution in [-0.2, 0) is 10.0 Å². The van der Waals surface area contributed by atoms with Crippen LogP contribution in [0.1, 0.15) is 16.7 Å². The molecule has 8 nitrogen and oxygen atoms in total. The van der Waals surface area contributed by atoms with Gasteiger partial charge in [0.2, 0.25) is 5.82 Å². The van der Waals surface area contributed by atoms with E-state index in [4.69, 9.17) is 0 Å². The molecular weight excluding hydrogens is 284 g/mol. The molecule has 0 atom stereocenters. The van der Waals surface area contributed by atoms with Gasteiger partial charge < -0.3 is 15.2 Å². The number of hydrogen-bond acceptors (Lipinski definition) is 6. The van der Waals surface area contributed by atoms with Gasteiger partial charge in [0.25, 0.3) is 0 Å². The van der Waals surface area contributed by atoms with E-state index >= 15 is 0 Å². The topological polar surface area (TPSA) is 108 Å². The maximum atomic E-state index is 12.5. The summed E-state index contributed by atoms with van der Waals surface area (Å²) in [4.78, 5) is 9.89. The van der Waals surface area contributed by atoms with E-state index in [-0.39, 0.29) is 8.98 Å². The van der Waals surface area contributed by atoms with Crippen molar-refractivity contribution in [1.82, 2.24) is 14.4 Å². The van der Waals surface area contributed by atoms with Crippen LogP contribution < -0.4 is 0 Å². The Bertz CT molecular complexity index is 771. The molecule has 0 unspecified atom stereocenters. The molecule has 0 spiro atoms. The minimum Gasteiger partial charge on any atom is -0.360 e. The van der Waals surface area contributed by atoms with E-state index in [1.807, 2.05) is 13.1 Å². The fourth-order valence-corrected chi connectivity index (χ4v) is 3.70. The summed E-state index contributed by atoms with van der Waals surface area (Å²) < 4.78 is 25.3. The van der Waals surface area contributed by atoms with Crippen molar-refractivity contribution in [3.05, 3.63) is 45.1 Å². The Morgan fingerprint density at radius 3 is 2.30 bits per heavy atom. The van der Waals surface area contributed by atoms with E-state index < -0.39 is 20.8 Å². The summed E-state index contributed by atoms with van der Waals surface area (Å²) in [6.07, 6.45) is 1.95. The van der Waals surface area contributed by atoms with Gasteiger partial charge in [-0.05, 0) is 36.0 Å². The Hall–Kier alpha value is -2.29. The number of rotatable bonds is 3. The molecule has 0 fully saturated rings. The van der Waals surface area contributed by atoms with Crippen molar-refractivity contribution < 1.29 is 13.3 Å². The molecule has 1 aromatic carbocycles. The van der Waals surface area contributed by atoms with Gasteiger partial charge >= 0.3 is 10.0 Å². The molecule has 0 N–H and O–H groups in total. The average molecular weight is 295 g/mol. The Morgan fingerprint density at radius 1 is 1.25 bits per heavy atom. The molecule has 106 valence electrons. The second-order valence-corrected chi connectivity index (χ2v) is 6.06. The molecule has 0 aliphatic heterocycles. The molecule has 1 aromatic heterocycles. The first-order chi connectivity index (χ1) is 9.25. The molecule has 2 rings (SSSR count). The summed E-state index contributed by atoms with van der Waals surface area (Å²) in [6.45, 7) is 5.08. The quantitative estimate of drug-likeness (QED) is 0.477. The summed E-state index contributed by atoms with van der Waals surface area (Å²) in [5.74, 6) is -0.815. The maximum absolute atomic E-state index is 12.5. The smallest absolute Gasteiger partial charge is 0.354 e. The Morgan fingerprint density at radius 2 is 1.80 bits per heavy atom. The van der Waals surface area contributed by atoms with Gasteiger partial charge in [-0.3, -0.25) is 0 Å². The first-order valence-electron chi connectivity index (χ1n) is 5.56. The Balaban J connectivity index is 2.74. The van der Waals surface area contributed by atoms with Crippen molar-refractivity contribution in [1.29, 1.82) is 0 Å². The highest BCUT2D eigenvalue weighted by Gasteiger charge is 2.29. The highest BCUT2D eigenvalue weighted by molar-refractivity contribution is 7.90. The molecule has 0 saturated heterocycles. The normalized spacial score (nSPS) is 11.6. The number of aromatic nitrogens is 3. The van der Waals surface area contributed by atoms with Gasteiger partial charge in [-0.2, -0.15) is 8.42 Å². The van der Waals surface area contributed by atoms with Crippen LogP contribution in [-0.4, -0.2) is 27.7 Å². The molecule has 1 heterocycles. The van der Waals surface area contributed by atoms with Crippen LogP contribution in [0.15, 0.2) is 17.0 Å². The van der Waals surface area contributed by atoms with E-state index in [0.29, 0.717) is 11.1 Å². The molecular formula is C11H11N4O4S-. The summed E-state index contributed by atoms with van der Waals surface area (Å²) in [6, 6.07) is 3.37. The minimum absolute atomic E-state index is 0.00917. The van der Waals surface area contributed by atoms with Gasteiger partial charge in [0.1, 0.15) is 4.90 Å². The van der Waals surface area contributed by atoms with Crippen molar-refractivity contribution in [2.45, 2.75) is 25.7 Å². The number of hydrogen-bond donors (Lipinski definition) is 0. The first kappa shape index (κ1) is 14.1. The van der Waals surface area contributed by atoms with Gasteiger partial charge in [0.05, 0.1) is 0 Å². The monoisotopic (exact) mass is 295 g/mol.